The zero-order chi connectivity index (χ0) is 15.2. The lowest BCUT2D eigenvalue weighted by Crippen LogP contribution is -2.17. The van der Waals surface area contributed by atoms with Crippen LogP contribution in [0.5, 0.6) is 0 Å². The first kappa shape index (κ1) is 15.8. The van der Waals surface area contributed by atoms with Crippen molar-refractivity contribution in [3.05, 3.63) is 40.3 Å². The van der Waals surface area contributed by atoms with Crippen LogP contribution in [-0.2, 0) is 9.47 Å². The number of ether oxygens (including phenoxy) is 2. The zero-order valence-electron chi connectivity index (χ0n) is 12.0. The molecule has 6 heteroatoms. The van der Waals surface area contributed by atoms with Crippen molar-refractivity contribution >= 4 is 28.9 Å². The topological polar surface area (TPSA) is 71.4 Å². The van der Waals surface area contributed by atoms with Crippen molar-refractivity contribution < 1.29 is 14.3 Å². The number of carbonyl (C=O) groups is 1. The first-order valence-corrected chi connectivity index (χ1v) is 7.58. The first-order chi connectivity index (χ1) is 10.1. The molecule has 1 aromatic carbocycles. The van der Waals surface area contributed by atoms with Crippen molar-refractivity contribution in [3.8, 4) is 0 Å². The van der Waals surface area contributed by atoms with Crippen LogP contribution in [0.15, 0.2) is 29.2 Å². The number of hydrogen-bond acceptors (Lipinski definition) is 5. The molecule has 0 spiro atoms. The minimum atomic E-state index is -0.357. The molecule has 1 aliphatic heterocycles. The predicted octanol–water partition coefficient (Wildman–Crippen LogP) is 3.53. The number of thioether (sulfide) groups is 1. The van der Waals surface area contributed by atoms with E-state index in [1.54, 1.807) is 0 Å². The van der Waals surface area contributed by atoms with Gasteiger partial charge in [-0.15, -0.1) is 0 Å². The Balaban J connectivity index is 2.13. The lowest BCUT2D eigenvalue weighted by molar-refractivity contribution is -0.140. The van der Waals surface area contributed by atoms with E-state index < -0.39 is 0 Å². The lowest BCUT2D eigenvalue weighted by atomic mass is 10.1. The molecule has 1 amide bonds. The largest absolute Gasteiger partial charge is 0.349 e. The summed E-state index contributed by atoms with van der Waals surface area (Å²) in [5, 5.41) is 9.88. The Labute approximate surface area is 128 Å². The molecule has 1 aliphatic rings. The maximum atomic E-state index is 11.2. The molecule has 0 aliphatic carbocycles. The molecule has 0 bridgehead atoms. The fraction of sp³-hybridized carbons (Fsp3) is 0.333. The monoisotopic (exact) mass is 306 g/mol. The molecule has 21 heavy (non-hydrogen) atoms. The molecule has 1 heterocycles. The summed E-state index contributed by atoms with van der Waals surface area (Å²) in [6, 6.07) is 7.70. The minimum absolute atomic E-state index is 0.149. The number of hydrogen-bond donors (Lipinski definition) is 2. The highest BCUT2D eigenvalue weighted by molar-refractivity contribution is 8.18. The van der Waals surface area contributed by atoms with Crippen molar-refractivity contribution in [2.75, 3.05) is 13.2 Å². The van der Waals surface area contributed by atoms with Gasteiger partial charge < -0.3 is 14.8 Å². The van der Waals surface area contributed by atoms with E-state index in [2.05, 4.69) is 5.32 Å². The molecule has 112 valence electrons. The maximum absolute atomic E-state index is 11.2. The Morgan fingerprint density at radius 2 is 1.86 bits per heavy atom. The second-order valence-electron chi connectivity index (χ2n) is 4.31. The summed E-state index contributed by atoms with van der Waals surface area (Å²) in [4.78, 5) is 11.8. The highest BCUT2D eigenvalue weighted by atomic mass is 32.2. The van der Waals surface area contributed by atoms with Crippen molar-refractivity contribution in [2.24, 2.45) is 0 Å². The van der Waals surface area contributed by atoms with E-state index in [1.807, 2.05) is 44.2 Å². The molecule has 2 N–H and O–H groups in total. The summed E-state index contributed by atoms with van der Waals surface area (Å²) in [5.41, 5.74) is 1.87. The van der Waals surface area contributed by atoms with E-state index in [0.717, 1.165) is 22.9 Å². The molecule has 0 unspecified atom stereocenters. The van der Waals surface area contributed by atoms with Gasteiger partial charge in [-0.05, 0) is 37.2 Å². The van der Waals surface area contributed by atoms with Gasteiger partial charge in [-0.1, -0.05) is 24.3 Å². The number of rotatable bonds is 6. The normalized spacial score (nSPS) is 16.8. The Morgan fingerprint density at radius 3 is 2.33 bits per heavy atom. The van der Waals surface area contributed by atoms with Crippen LogP contribution < -0.4 is 5.32 Å². The van der Waals surface area contributed by atoms with E-state index in [1.165, 1.54) is 0 Å². The van der Waals surface area contributed by atoms with Crippen molar-refractivity contribution in [1.82, 2.24) is 5.32 Å². The Bertz CT molecular complexity index is 549. The summed E-state index contributed by atoms with van der Waals surface area (Å²) in [7, 11) is 0. The number of amides is 1. The Morgan fingerprint density at radius 1 is 1.24 bits per heavy atom. The van der Waals surface area contributed by atoms with Crippen LogP contribution in [0.2, 0.25) is 0 Å². The van der Waals surface area contributed by atoms with Gasteiger partial charge in [-0.3, -0.25) is 10.2 Å². The highest BCUT2D eigenvalue weighted by Crippen LogP contribution is 2.26. The van der Waals surface area contributed by atoms with E-state index in [9.17, 15) is 4.79 Å². The van der Waals surface area contributed by atoms with Crippen LogP contribution in [0.25, 0.3) is 6.08 Å². The molecular weight excluding hydrogens is 288 g/mol. The van der Waals surface area contributed by atoms with E-state index in [4.69, 9.17) is 14.9 Å². The molecule has 2 rings (SSSR count). The van der Waals surface area contributed by atoms with Crippen molar-refractivity contribution in [1.29, 1.82) is 5.41 Å². The summed E-state index contributed by atoms with van der Waals surface area (Å²) < 4.78 is 11.1. The molecule has 1 fully saturated rings. The molecule has 0 radical (unpaired) electrons. The second-order valence-corrected chi connectivity index (χ2v) is 5.32. The van der Waals surface area contributed by atoms with Crippen LogP contribution in [0, 0.1) is 5.41 Å². The average Bonchev–Trinajstić information content (AvgIpc) is 2.77. The fourth-order valence-electron chi connectivity index (χ4n) is 1.89. The number of carbonyl (C=O) groups excluding carboxylic acids is 1. The molecular formula is C15H18N2O3S. The van der Waals surface area contributed by atoms with Gasteiger partial charge in [0.05, 0.1) is 4.91 Å². The van der Waals surface area contributed by atoms with Crippen LogP contribution in [0.1, 0.15) is 31.3 Å². The third-order valence-corrected chi connectivity index (χ3v) is 3.65. The van der Waals surface area contributed by atoms with Gasteiger partial charge in [0.15, 0.2) is 6.29 Å². The third-order valence-electron chi connectivity index (χ3n) is 2.82. The van der Waals surface area contributed by atoms with Crippen molar-refractivity contribution in [2.45, 2.75) is 20.1 Å². The number of amidine groups is 1. The number of benzene rings is 1. The summed E-state index contributed by atoms with van der Waals surface area (Å²) in [6.45, 7) is 5.02. The summed E-state index contributed by atoms with van der Waals surface area (Å²) in [6.07, 6.45) is 1.45. The van der Waals surface area contributed by atoms with E-state index >= 15 is 0 Å². The quantitative estimate of drug-likeness (QED) is 0.789. The van der Waals surface area contributed by atoms with Gasteiger partial charge in [0.25, 0.3) is 5.24 Å². The zero-order valence-corrected chi connectivity index (χ0v) is 12.8. The second kappa shape index (κ2) is 7.40. The van der Waals surface area contributed by atoms with E-state index in [0.29, 0.717) is 18.1 Å². The molecule has 1 aromatic rings. The van der Waals surface area contributed by atoms with Crippen LogP contribution in [0.3, 0.4) is 0 Å². The standard InChI is InChI=1S/C15H18N2O3S/c1-3-19-14(20-4-2)11-7-5-10(6-8-11)9-12-13(16)17-15(18)21-12/h5-9,14H,3-4H2,1-2H3,(H2,16,17,18). The van der Waals surface area contributed by atoms with Gasteiger partial charge in [0, 0.05) is 18.8 Å². The van der Waals surface area contributed by atoms with Crippen LogP contribution >= 0.6 is 11.8 Å². The first-order valence-electron chi connectivity index (χ1n) is 6.76. The van der Waals surface area contributed by atoms with Gasteiger partial charge in [-0.2, -0.15) is 0 Å². The van der Waals surface area contributed by atoms with E-state index in [-0.39, 0.29) is 17.4 Å². The molecule has 5 nitrogen and oxygen atoms in total. The summed E-state index contributed by atoms with van der Waals surface area (Å²) >= 11 is 1.03. The molecule has 1 saturated heterocycles. The Kier molecular flexibility index (Phi) is 5.55. The highest BCUT2D eigenvalue weighted by Gasteiger charge is 2.21. The summed E-state index contributed by atoms with van der Waals surface area (Å²) in [5.74, 6) is 0.149. The molecule has 0 atom stereocenters. The van der Waals surface area contributed by atoms with Gasteiger partial charge >= 0.3 is 0 Å². The molecule has 0 aromatic heterocycles. The van der Waals surface area contributed by atoms with Crippen LogP contribution in [-0.4, -0.2) is 24.3 Å². The average molecular weight is 306 g/mol. The Hall–Kier alpha value is -1.63. The molecule has 0 saturated carbocycles. The number of nitrogens with one attached hydrogen (secondary N) is 2. The van der Waals surface area contributed by atoms with Crippen LogP contribution in [0.4, 0.5) is 4.79 Å². The third kappa shape index (κ3) is 4.17. The SMILES string of the molecule is CCOC(OCC)c1ccc(C=C2SC(=O)NC2=N)cc1. The minimum Gasteiger partial charge on any atom is -0.349 e. The smallest absolute Gasteiger partial charge is 0.289 e. The van der Waals surface area contributed by atoms with Gasteiger partial charge in [0.2, 0.25) is 0 Å². The fourth-order valence-corrected chi connectivity index (χ4v) is 2.59. The van der Waals surface area contributed by atoms with Crippen molar-refractivity contribution in [3.63, 3.8) is 0 Å². The van der Waals surface area contributed by atoms with Gasteiger partial charge in [-0.25, -0.2) is 0 Å². The van der Waals surface area contributed by atoms with Gasteiger partial charge in [0.1, 0.15) is 5.84 Å². The predicted molar refractivity (Wildman–Crippen MR) is 84.3 cm³/mol. The maximum Gasteiger partial charge on any atom is 0.289 e. The lowest BCUT2D eigenvalue weighted by Gasteiger charge is -2.17.